The van der Waals surface area contributed by atoms with Gasteiger partial charge in [-0.05, 0) is 0 Å². The Hall–Kier alpha value is -0.720. The second-order valence-electron chi connectivity index (χ2n) is 2.43. The van der Waals surface area contributed by atoms with Gasteiger partial charge in [-0.2, -0.15) is 8.78 Å². The Bertz CT molecular complexity index is 260. The normalized spacial score (nSPS) is 12.2. The lowest BCUT2D eigenvalue weighted by molar-refractivity contribution is -0.122. The van der Waals surface area contributed by atoms with Crippen molar-refractivity contribution in [2.75, 3.05) is 0 Å². The van der Waals surface area contributed by atoms with Crippen LogP contribution in [0, 0.1) is 5.92 Å². The largest absolute Gasteiger partial charge is 0.355 e. The van der Waals surface area contributed by atoms with E-state index in [1.54, 1.807) is 0 Å². The first kappa shape index (κ1) is 11.3. The van der Waals surface area contributed by atoms with E-state index in [9.17, 15) is 22.0 Å². The summed E-state index contributed by atoms with van der Waals surface area (Å²) in [5, 5.41) is 0. The molecular formula is C5H9F2NO3S. The molecule has 12 heavy (non-hydrogen) atoms. The molecule has 0 saturated carbocycles. The molecule has 0 bridgehead atoms. The summed E-state index contributed by atoms with van der Waals surface area (Å²) in [6.45, 7) is 2.80. The van der Waals surface area contributed by atoms with Crippen LogP contribution < -0.4 is 4.72 Å². The summed E-state index contributed by atoms with van der Waals surface area (Å²) < 4.78 is 45.2. The van der Waals surface area contributed by atoms with Gasteiger partial charge >= 0.3 is 5.76 Å². The molecule has 0 spiro atoms. The van der Waals surface area contributed by atoms with Crippen LogP contribution in [-0.2, 0) is 14.8 Å². The third kappa shape index (κ3) is 3.12. The highest BCUT2D eigenvalue weighted by atomic mass is 32.2. The number of sulfonamides is 1. The fourth-order valence-corrected chi connectivity index (χ4v) is 0.908. The van der Waals surface area contributed by atoms with Gasteiger partial charge in [-0.15, -0.1) is 0 Å². The molecule has 1 amide bonds. The summed E-state index contributed by atoms with van der Waals surface area (Å²) in [6, 6.07) is 0. The molecular weight excluding hydrogens is 192 g/mol. The molecule has 72 valence electrons. The van der Waals surface area contributed by atoms with E-state index in [1.165, 1.54) is 18.6 Å². The van der Waals surface area contributed by atoms with Crippen molar-refractivity contribution in [1.29, 1.82) is 0 Å². The first-order chi connectivity index (χ1) is 5.27. The lowest BCUT2D eigenvalue weighted by Crippen LogP contribution is -2.37. The molecule has 1 N–H and O–H groups in total. The molecule has 0 fully saturated rings. The fourth-order valence-electron chi connectivity index (χ4n) is 0.303. The number of amides is 1. The third-order valence-corrected chi connectivity index (χ3v) is 1.96. The highest BCUT2D eigenvalue weighted by molar-refractivity contribution is 7.90. The van der Waals surface area contributed by atoms with E-state index in [0.29, 0.717) is 0 Å². The second-order valence-corrected chi connectivity index (χ2v) is 4.08. The predicted octanol–water partition coefficient (Wildman–Crippen LogP) is 0.311. The van der Waals surface area contributed by atoms with E-state index in [0.717, 1.165) is 0 Å². The average Bonchev–Trinajstić information content (AvgIpc) is 1.85. The van der Waals surface area contributed by atoms with Gasteiger partial charge in [0.2, 0.25) is 5.91 Å². The van der Waals surface area contributed by atoms with Crippen molar-refractivity contribution in [2.45, 2.75) is 19.6 Å². The van der Waals surface area contributed by atoms with Crippen molar-refractivity contribution < 1.29 is 22.0 Å². The maximum atomic E-state index is 11.6. The van der Waals surface area contributed by atoms with Crippen LogP contribution in [-0.4, -0.2) is 20.1 Å². The van der Waals surface area contributed by atoms with Crippen LogP contribution in [0.3, 0.4) is 0 Å². The van der Waals surface area contributed by atoms with E-state index in [4.69, 9.17) is 0 Å². The Kier molecular flexibility index (Phi) is 3.56. The molecule has 0 rings (SSSR count). The third-order valence-electron chi connectivity index (χ3n) is 1.00. The number of halogens is 2. The molecule has 0 saturated heterocycles. The number of nitrogens with one attached hydrogen (secondary N) is 1. The second kappa shape index (κ2) is 3.79. The van der Waals surface area contributed by atoms with Crippen LogP contribution in [0.15, 0.2) is 0 Å². The van der Waals surface area contributed by atoms with E-state index in [-0.39, 0.29) is 0 Å². The Morgan fingerprint density at radius 1 is 1.33 bits per heavy atom. The minimum Gasteiger partial charge on any atom is -0.274 e. The summed E-state index contributed by atoms with van der Waals surface area (Å²) in [7, 11) is -4.78. The van der Waals surface area contributed by atoms with E-state index >= 15 is 0 Å². The van der Waals surface area contributed by atoms with Crippen LogP contribution >= 0.6 is 0 Å². The standard InChI is InChI=1S/C5H9F2NO3S/c1-3(2)4(9)8-12(10,11)5(6)7/h3,5H,1-2H3,(H,8,9). The zero-order valence-corrected chi connectivity index (χ0v) is 7.36. The van der Waals surface area contributed by atoms with Crippen LogP contribution in [0.5, 0.6) is 0 Å². The fraction of sp³-hybridized carbons (Fsp3) is 0.800. The zero-order valence-electron chi connectivity index (χ0n) is 6.54. The molecule has 0 aliphatic rings. The number of rotatable bonds is 3. The Labute approximate surface area is 69.0 Å². The molecule has 0 aliphatic carbocycles. The van der Waals surface area contributed by atoms with E-state index in [2.05, 4.69) is 0 Å². The van der Waals surface area contributed by atoms with Crippen LogP contribution in [0.1, 0.15) is 13.8 Å². The van der Waals surface area contributed by atoms with E-state index in [1.807, 2.05) is 0 Å². The lowest BCUT2D eigenvalue weighted by Gasteiger charge is -2.06. The highest BCUT2D eigenvalue weighted by Gasteiger charge is 2.26. The molecule has 0 unspecified atom stereocenters. The number of hydrogen-bond donors (Lipinski definition) is 1. The maximum absolute atomic E-state index is 11.6. The van der Waals surface area contributed by atoms with Crippen molar-refractivity contribution in [3.63, 3.8) is 0 Å². The maximum Gasteiger partial charge on any atom is 0.355 e. The summed E-state index contributed by atoms with van der Waals surface area (Å²) in [5.74, 6) is -5.14. The number of carbonyl (C=O) groups is 1. The molecule has 0 aromatic heterocycles. The number of carbonyl (C=O) groups excluding carboxylic acids is 1. The smallest absolute Gasteiger partial charge is 0.274 e. The summed E-state index contributed by atoms with van der Waals surface area (Å²) in [5.41, 5.74) is 0. The van der Waals surface area contributed by atoms with Gasteiger partial charge in [-0.3, -0.25) is 4.79 Å². The Balaban J connectivity index is 4.38. The SMILES string of the molecule is CC(C)C(=O)NS(=O)(=O)C(F)F. The molecule has 0 radical (unpaired) electrons. The number of alkyl halides is 2. The van der Waals surface area contributed by atoms with E-state index < -0.39 is 27.6 Å². The minimum absolute atomic E-state index is 0.640. The van der Waals surface area contributed by atoms with Crippen molar-refractivity contribution >= 4 is 15.9 Å². The zero-order chi connectivity index (χ0) is 9.94. The van der Waals surface area contributed by atoms with Crippen molar-refractivity contribution in [3.05, 3.63) is 0 Å². The van der Waals surface area contributed by atoms with Crippen molar-refractivity contribution in [3.8, 4) is 0 Å². The quantitative estimate of drug-likeness (QED) is 0.714. The molecule has 4 nitrogen and oxygen atoms in total. The first-order valence-corrected chi connectivity index (χ1v) is 4.65. The lowest BCUT2D eigenvalue weighted by atomic mass is 10.2. The highest BCUT2D eigenvalue weighted by Crippen LogP contribution is 2.03. The van der Waals surface area contributed by atoms with Gasteiger partial charge in [0.1, 0.15) is 0 Å². The molecule has 7 heteroatoms. The summed E-state index contributed by atoms with van der Waals surface area (Å²) in [6.07, 6.45) is 0. The van der Waals surface area contributed by atoms with Gasteiger partial charge < -0.3 is 0 Å². The van der Waals surface area contributed by atoms with Crippen molar-refractivity contribution in [1.82, 2.24) is 4.72 Å². The van der Waals surface area contributed by atoms with Gasteiger partial charge in [0.25, 0.3) is 10.0 Å². The van der Waals surface area contributed by atoms with Gasteiger partial charge in [-0.25, -0.2) is 13.1 Å². The topological polar surface area (TPSA) is 63.2 Å². The molecule has 0 aromatic carbocycles. The Morgan fingerprint density at radius 2 is 1.75 bits per heavy atom. The molecule has 0 aliphatic heterocycles. The average molecular weight is 201 g/mol. The summed E-state index contributed by atoms with van der Waals surface area (Å²) >= 11 is 0. The van der Waals surface area contributed by atoms with Gasteiger partial charge in [-0.1, -0.05) is 13.8 Å². The van der Waals surface area contributed by atoms with Crippen molar-refractivity contribution in [2.24, 2.45) is 5.92 Å². The molecule has 0 aromatic rings. The van der Waals surface area contributed by atoms with Crippen LogP contribution in [0.2, 0.25) is 0 Å². The molecule has 0 heterocycles. The Morgan fingerprint density at radius 3 is 2.00 bits per heavy atom. The molecule has 0 atom stereocenters. The van der Waals surface area contributed by atoms with Crippen LogP contribution in [0.25, 0.3) is 0 Å². The monoisotopic (exact) mass is 201 g/mol. The summed E-state index contributed by atoms with van der Waals surface area (Å²) in [4.78, 5) is 10.6. The minimum atomic E-state index is -4.78. The number of hydrogen-bond acceptors (Lipinski definition) is 3. The van der Waals surface area contributed by atoms with Gasteiger partial charge in [0.05, 0.1) is 0 Å². The first-order valence-electron chi connectivity index (χ1n) is 3.11. The predicted molar refractivity (Wildman–Crippen MR) is 37.9 cm³/mol. The van der Waals surface area contributed by atoms with Gasteiger partial charge in [0.15, 0.2) is 0 Å². The van der Waals surface area contributed by atoms with Crippen LogP contribution in [0.4, 0.5) is 8.78 Å². The van der Waals surface area contributed by atoms with Gasteiger partial charge in [0, 0.05) is 5.92 Å².